The predicted molar refractivity (Wildman–Crippen MR) is 107 cm³/mol. The largest absolute Gasteiger partial charge is 0.481 e. The summed E-state index contributed by atoms with van der Waals surface area (Å²) in [6, 6.07) is 12.0. The number of hydrogen-bond donors (Lipinski definition) is 1. The lowest BCUT2D eigenvalue weighted by Gasteiger charge is -2.11. The van der Waals surface area contributed by atoms with Crippen LogP contribution in [0.3, 0.4) is 0 Å². The molecule has 1 N–H and O–H groups in total. The Kier molecular flexibility index (Phi) is 5.87. The summed E-state index contributed by atoms with van der Waals surface area (Å²) >= 11 is 0. The van der Waals surface area contributed by atoms with Gasteiger partial charge in [-0.25, -0.2) is 4.98 Å². The molecule has 1 aromatic heterocycles. The Hall–Kier alpha value is -3.14. The Morgan fingerprint density at radius 1 is 1.15 bits per heavy atom. The number of carboxylic acids is 1. The fourth-order valence-corrected chi connectivity index (χ4v) is 3.10. The van der Waals surface area contributed by atoms with Gasteiger partial charge in [-0.1, -0.05) is 48.1 Å². The third kappa shape index (κ3) is 4.94. The van der Waals surface area contributed by atoms with Gasteiger partial charge in [0.2, 0.25) is 5.88 Å². The Labute approximate surface area is 159 Å². The van der Waals surface area contributed by atoms with Crippen molar-refractivity contribution in [3.05, 3.63) is 83.2 Å². The van der Waals surface area contributed by atoms with Crippen LogP contribution in [-0.4, -0.2) is 16.1 Å². The van der Waals surface area contributed by atoms with E-state index in [9.17, 15) is 4.79 Å². The lowest BCUT2D eigenvalue weighted by Crippen LogP contribution is -1.97. The molecule has 1 aromatic carbocycles. The van der Waals surface area contributed by atoms with Gasteiger partial charge in [-0.2, -0.15) is 0 Å². The van der Waals surface area contributed by atoms with Crippen LogP contribution < -0.4 is 4.74 Å². The molecule has 3 rings (SSSR count). The summed E-state index contributed by atoms with van der Waals surface area (Å²) in [7, 11) is 0. The molecule has 1 heterocycles. The standard InChI is InChI=1S/C23H23NO3/c1-16-5-3-6-17(2)23(16)20-7-4-8-21(24-20)27-15-19-11-9-18(10-12-19)13-14-22(25)26/h3-11,15H,12-14H2,1-2H3,(H,25,26). The average Bonchev–Trinajstić information content (AvgIpc) is 2.66. The van der Waals surface area contributed by atoms with Crippen LogP contribution >= 0.6 is 0 Å². The molecule has 138 valence electrons. The number of aryl methyl sites for hydroxylation is 2. The Balaban J connectivity index is 1.69. The first-order valence-electron chi connectivity index (χ1n) is 9.01. The zero-order chi connectivity index (χ0) is 19.2. The molecule has 0 aliphatic heterocycles. The molecule has 2 aromatic rings. The van der Waals surface area contributed by atoms with Gasteiger partial charge in [-0.3, -0.25) is 4.79 Å². The minimum absolute atomic E-state index is 0.154. The molecular weight excluding hydrogens is 338 g/mol. The molecule has 0 spiro atoms. The van der Waals surface area contributed by atoms with Crippen molar-refractivity contribution in [2.75, 3.05) is 0 Å². The zero-order valence-electron chi connectivity index (χ0n) is 15.6. The molecular formula is C23H23NO3. The smallest absolute Gasteiger partial charge is 0.303 e. The Morgan fingerprint density at radius 3 is 2.56 bits per heavy atom. The highest BCUT2D eigenvalue weighted by Crippen LogP contribution is 2.27. The van der Waals surface area contributed by atoms with Gasteiger partial charge in [0.1, 0.15) is 0 Å². The van der Waals surface area contributed by atoms with E-state index in [0.717, 1.165) is 28.8 Å². The van der Waals surface area contributed by atoms with Crippen LogP contribution in [0.1, 0.15) is 30.4 Å². The lowest BCUT2D eigenvalue weighted by atomic mass is 10.00. The van der Waals surface area contributed by atoms with Crippen LogP contribution in [0.2, 0.25) is 0 Å². The predicted octanol–water partition coefficient (Wildman–Crippen LogP) is 5.38. The van der Waals surface area contributed by atoms with Gasteiger partial charge in [0.25, 0.3) is 0 Å². The van der Waals surface area contributed by atoms with Gasteiger partial charge in [0.05, 0.1) is 12.0 Å². The first-order valence-corrected chi connectivity index (χ1v) is 9.01. The van der Waals surface area contributed by atoms with E-state index in [0.29, 0.717) is 12.3 Å². The maximum absolute atomic E-state index is 10.6. The van der Waals surface area contributed by atoms with Crippen LogP contribution in [0, 0.1) is 13.8 Å². The van der Waals surface area contributed by atoms with E-state index in [4.69, 9.17) is 9.84 Å². The van der Waals surface area contributed by atoms with E-state index in [2.05, 4.69) is 31.0 Å². The van der Waals surface area contributed by atoms with Crippen LogP contribution in [0.15, 0.2) is 72.0 Å². The van der Waals surface area contributed by atoms with Gasteiger partial charge in [-0.05, 0) is 49.5 Å². The van der Waals surface area contributed by atoms with Crippen molar-refractivity contribution < 1.29 is 14.6 Å². The quantitative estimate of drug-likeness (QED) is 0.702. The summed E-state index contributed by atoms with van der Waals surface area (Å²) in [4.78, 5) is 15.3. The molecule has 0 radical (unpaired) electrons. The average molecular weight is 361 g/mol. The molecule has 0 amide bonds. The van der Waals surface area contributed by atoms with Crippen molar-refractivity contribution in [3.63, 3.8) is 0 Å². The number of benzene rings is 1. The zero-order valence-corrected chi connectivity index (χ0v) is 15.6. The number of carbonyl (C=O) groups is 1. The molecule has 27 heavy (non-hydrogen) atoms. The molecule has 0 saturated heterocycles. The van der Waals surface area contributed by atoms with Gasteiger partial charge >= 0.3 is 5.97 Å². The molecule has 0 bridgehead atoms. The molecule has 0 fully saturated rings. The summed E-state index contributed by atoms with van der Waals surface area (Å²) in [5.74, 6) is -0.222. The van der Waals surface area contributed by atoms with Gasteiger partial charge in [-0.15, -0.1) is 0 Å². The van der Waals surface area contributed by atoms with Crippen molar-refractivity contribution in [2.45, 2.75) is 33.1 Å². The van der Waals surface area contributed by atoms with Gasteiger partial charge in [0, 0.05) is 18.1 Å². The highest BCUT2D eigenvalue weighted by Gasteiger charge is 2.08. The number of hydrogen-bond acceptors (Lipinski definition) is 3. The first kappa shape index (κ1) is 18.6. The number of ether oxygens (including phenoxy) is 1. The number of aliphatic carboxylic acids is 1. The topological polar surface area (TPSA) is 59.4 Å². The highest BCUT2D eigenvalue weighted by atomic mass is 16.5. The summed E-state index contributed by atoms with van der Waals surface area (Å²) in [5.41, 5.74) is 6.48. The maximum Gasteiger partial charge on any atom is 0.303 e. The van der Waals surface area contributed by atoms with E-state index in [1.165, 1.54) is 11.1 Å². The van der Waals surface area contributed by atoms with E-state index < -0.39 is 5.97 Å². The van der Waals surface area contributed by atoms with Crippen molar-refractivity contribution in [1.29, 1.82) is 0 Å². The lowest BCUT2D eigenvalue weighted by molar-refractivity contribution is -0.136. The molecule has 0 atom stereocenters. The van der Waals surface area contributed by atoms with Crippen molar-refractivity contribution >= 4 is 5.97 Å². The number of carboxylic acid groups (broad SMARTS) is 1. The number of pyridine rings is 1. The molecule has 4 heteroatoms. The number of rotatable bonds is 6. The maximum atomic E-state index is 10.6. The minimum Gasteiger partial charge on any atom is -0.481 e. The van der Waals surface area contributed by atoms with Gasteiger partial charge in [0.15, 0.2) is 0 Å². The second-order valence-corrected chi connectivity index (χ2v) is 6.65. The number of allylic oxidation sites excluding steroid dienone is 5. The molecule has 4 nitrogen and oxygen atoms in total. The fraction of sp³-hybridized carbons (Fsp3) is 0.217. The first-order chi connectivity index (χ1) is 13.0. The second-order valence-electron chi connectivity index (χ2n) is 6.65. The van der Waals surface area contributed by atoms with Crippen LogP contribution in [0.5, 0.6) is 5.88 Å². The normalized spacial score (nSPS) is 14.9. The third-order valence-electron chi connectivity index (χ3n) is 4.53. The molecule has 1 aliphatic rings. The monoisotopic (exact) mass is 361 g/mol. The van der Waals surface area contributed by atoms with E-state index in [1.54, 1.807) is 6.26 Å². The Bertz CT molecular complexity index is 918. The van der Waals surface area contributed by atoms with Crippen LogP contribution in [-0.2, 0) is 4.79 Å². The van der Waals surface area contributed by atoms with Crippen LogP contribution in [0.25, 0.3) is 11.3 Å². The third-order valence-corrected chi connectivity index (χ3v) is 4.53. The summed E-state index contributed by atoms with van der Waals surface area (Å²) in [6.07, 6.45) is 9.09. The minimum atomic E-state index is -0.774. The summed E-state index contributed by atoms with van der Waals surface area (Å²) in [6.45, 7) is 4.17. The van der Waals surface area contributed by atoms with E-state index in [-0.39, 0.29) is 6.42 Å². The SMILES string of the molecule is Cc1cccc(C)c1-c1cccc(OC=C2C=CC(CCC(=O)O)=CC2)n1. The van der Waals surface area contributed by atoms with E-state index in [1.807, 2.05) is 42.5 Å². The van der Waals surface area contributed by atoms with Crippen molar-refractivity contribution in [2.24, 2.45) is 0 Å². The second kappa shape index (κ2) is 8.49. The fourth-order valence-electron chi connectivity index (χ4n) is 3.10. The molecule has 0 saturated carbocycles. The molecule has 0 unspecified atom stereocenters. The van der Waals surface area contributed by atoms with Crippen LogP contribution in [0.4, 0.5) is 0 Å². The Morgan fingerprint density at radius 2 is 1.89 bits per heavy atom. The van der Waals surface area contributed by atoms with Crippen molar-refractivity contribution in [3.8, 4) is 17.1 Å². The summed E-state index contributed by atoms with van der Waals surface area (Å²) < 4.78 is 5.77. The van der Waals surface area contributed by atoms with Crippen molar-refractivity contribution in [1.82, 2.24) is 4.98 Å². The summed E-state index contributed by atoms with van der Waals surface area (Å²) in [5, 5.41) is 8.76. The molecule has 1 aliphatic carbocycles. The highest BCUT2D eigenvalue weighted by molar-refractivity contribution is 5.68. The number of aromatic nitrogens is 1. The van der Waals surface area contributed by atoms with E-state index >= 15 is 0 Å². The number of nitrogens with zero attached hydrogens (tertiary/aromatic N) is 1. The van der Waals surface area contributed by atoms with Gasteiger partial charge < -0.3 is 9.84 Å².